The Bertz CT molecular complexity index is 820. The molecule has 0 saturated heterocycles. The highest BCUT2D eigenvalue weighted by Crippen LogP contribution is 2.33. The van der Waals surface area contributed by atoms with Crippen LogP contribution in [0.5, 0.6) is 5.75 Å². The van der Waals surface area contributed by atoms with Gasteiger partial charge in [0.15, 0.2) is 0 Å². The average Bonchev–Trinajstić information content (AvgIpc) is 3.00. The second-order valence-electron chi connectivity index (χ2n) is 5.51. The van der Waals surface area contributed by atoms with Crippen LogP contribution in [0.2, 0.25) is 0 Å². The molecule has 0 N–H and O–H groups in total. The lowest BCUT2D eigenvalue weighted by Gasteiger charge is -2.17. The number of benzene rings is 2. The van der Waals surface area contributed by atoms with Crippen molar-refractivity contribution >= 4 is 0 Å². The normalized spacial score (nSPS) is 12.6. The Morgan fingerprint density at radius 1 is 1.09 bits per heavy atom. The number of hydrogen-bond acceptors (Lipinski definition) is 2. The molecule has 0 atom stereocenters. The molecule has 1 aliphatic heterocycles. The Balaban J connectivity index is 1.77. The van der Waals surface area contributed by atoms with Gasteiger partial charge >= 0.3 is 0 Å². The number of aryl methyl sites for hydroxylation is 2. The van der Waals surface area contributed by atoms with Crippen LogP contribution in [0.4, 0.5) is 0 Å². The van der Waals surface area contributed by atoms with Crippen molar-refractivity contribution in [2.75, 3.05) is 6.61 Å². The number of nitrogens with zero attached hydrogens (tertiary/aromatic N) is 2. The van der Waals surface area contributed by atoms with Gasteiger partial charge in [-0.2, -0.15) is 5.10 Å². The largest absolute Gasteiger partial charge is 0.494 e. The number of rotatable bonds is 3. The molecule has 22 heavy (non-hydrogen) atoms. The van der Waals surface area contributed by atoms with Crippen molar-refractivity contribution in [2.45, 2.75) is 19.9 Å². The molecule has 3 heteroatoms. The Morgan fingerprint density at radius 2 is 2.00 bits per heavy atom. The first-order valence-corrected chi connectivity index (χ1v) is 7.74. The van der Waals surface area contributed by atoms with Crippen molar-refractivity contribution in [3.8, 4) is 28.3 Å². The average molecular weight is 290 g/mol. The van der Waals surface area contributed by atoms with E-state index < -0.39 is 0 Å². The smallest absolute Gasteiger partial charge is 0.119 e. The zero-order chi connectivity index (χ0) is 14.9. The van der Waals surface area contributed by atoms with Crippen molar-refractivity contribution < 1.29 is 4.74 Å². The molecule has 3 nitrogen and oxygen atoms in total. The Labute approximate surface area is 130 Å². The maximum absolute atomic E-state index is 5.59. The van der Waals surface area contributed by atoms with E-state index >= 15 is 0 Å². The molecule has 1 aromatic heterocycles. The van der Waals surface area contributed by atoms with Crippen molar-refractivity contribution in [3.63, 3.8) is 0 Å². The topological polar surface area (TPSA) is 27.1 Å². The van der Waals surface area contributed by atoms with Crippen LogP contribution in [-0.2, 0) is 13.0 Å². The minimum absolute atomic E-state index is 0.677. The molecule has 3 aromatic rings. The fourth-order valence-corrected chi connectivity index (χ4v) is 3.07. The Kier molecular flexibility index (Phi) is 3.19. The fourth-order valence-electron chi connectivity index (χ4n) is 3.07. The van der Waals surface area contributed by atoms with E-state index in [-0.39, 0.29) is 0 Å². The van der Waals surface area contributed by atoms with Crippen molar-refractivity contribution in [3.05, 3.63) is 60.2 Å². The van der Waals surface area contributed by atoms with Gasteiger partial charge in [0.25, 0.3) is 0 Å². The van der Waals surface area contributed by atoms with Crippen molar-refractivity contribution in [2.24, 2.45) is 0 Å². The molecule has 2 heterocycles. The molecule has 4 rings (SSSR count). The van der Waals surface area contributed by atoms with Crippen molar-refractivity contribution in [1.29, 1.82) is 0 Å². The molecular formula is C19H18N2O. The lowest BCUT2D eigenvalue weighted by Crippen LogP contribution is -2.11. The van der Waals surface area contributed by atoms with E-state index in [4.69, 9.17) is 9.84 Å². The maximum Gasteiger partial charge on any atom is 0.119 e. The van der Waals surface area contributed by atoms with Crippen LogP contribution in [0.1, 0.15) is 12.5 Å². The second-order valence-corrected chi connectivity index (χ2v) is 5.51. The summed E-state index contributed by atoms with van der Waals surface area (Å²) in [4.78, 5) is 0. The highest BCUT2D eigenvalue weighted by Gasteiger charge is 2.18. The number of ether oxygens (including phenoxy) is 1. The summed E-state index contributed by atoms with van der Waals surface area (Å²) in [6, 6.07) is 18.9. The van der Waals surface area contributed by atoms with Gasteiger partial charge in [0.05, 0.1) is 18.0 Å². The number of fused-ring (bicyclic) bond motifs is 3. The van der Waals surface area contributed by atoms with Gasteiger partial charge in [-0.05, 0) is 37.1 Å². The van der Waals surface area contributed by atoms with Gasteiger partial charge in [-0.25, -0.2) is 0 Å². The lowest BCUT2D eigenvalue weighted by atomic mass is 9.98. The van der Waals surface area contributed by atoms with Crippen LogP contribution >= 0.6 is 0 Å². The van der Waals surface area contributed by atoms with Crippen molar-refractivity contribution in [1.82, 2.24) is 9.78 Å². The predicted molar refractivity (Wildman–Crippen MR) is 88.0 cm³/mol. The highest BCUT2D eigenvalue weighted by atomic mass is 16.5. The summed E-state index contributed by atoms with van der Waals surface area (Å²) in [5, 5.41) is 4.78. The van der Waals surface area contributed by atoms with E-state index in [0.29, 0.717) is 6.61 Å². The molecule has 1 aliphatic rings. The molecule has 0 radical (unpaired) electrons. The third-order valence-corrected chi connectivity index (χ3v) is 4.11. The minimum atomic E-state index is 0.677. The zero-order valence-corrected chi connectivity index (χ0v) is 12.6. The van der Waals surface area contributed by atoms with E-state index in [1.807, 2.05) is 19.1 Å². The monoisotopic (exact) mass is 290 g/mol. The van der Waals surface area contributed by atoms with Gasteiger partial charge < -0.3 is 4.74 Å². The molecule has 0 spiro atoms. The summed E-state index contributed by atoms with van der Waals surface area (Å²) in [5.41, 5.74) is 6.02. The summed E-state index contributed by atoms with van der Waals surface area (Å²) >= 11 is 0. The number of aromatic nitrogens is 2. The molecule has 2 aromatic carbocycles. The van der Waals surface area contributed by atoms with Gasteiger partial charge in [0.2, 0.25) is 0 Å². The minimum Gasteiger partial charge on any atom is -0.494 e. The molecule has 0 amide bonds. The van der Waals surface area contributed by atoms with E-state index in [2.05, 4.69) is 47.1 Å². The van der Waals surface area contributed by atoms with Crippen LogP contribution in [0.25, 0.3) is 22.5 Å². The first kappa shape index (κ1) is 13.1. The third-order valence-electron chi connectivity index (χ3n) is 4.11. The molecule has 0 aliphatic carbocycles. The fraction of sp³-hybridized carbons (Fsp3) is 0.211. The predicted octanol–water partition coefficient (Wildman–Crippen LogP) is 4.17. The summed E-state index contributed by atoms with van der Waals surface area (Å²) in [5.74, 6) is 0.895. The molecule has 110 valence electrons. The van der Waals surface area contributed by atoms with Crippen LogP contribution in [0.3, 0.4) is 0 Å². The third kappa shape index (κ3) is 2.19. The van der Waals surface area contributed by atoms with E-state index in [1.165, 1.54) is 16.8 Å². The quantitative estimate of drug-likeness (QED) is 0.724. The first-order chi connectivity index (χ1) is 10.8. The summed E-state index contributed by atoms with van der Waals surface area (Å²) in [7, 11) is 0. The Hall–Kier alpha value is -2.55. The summed E-state index contributed by atoms with van der Waals surface area (Å²) in [6.07, 6.45) is 1.04. The molecule has 0 saturated carbocycles. The van der Waals surface area contributed by atoms with Gasteiger partial charge in [-0.1, -0.05) is 36.4 Å². The SMILES string of the molecule is CCOc1cccc(-c2cc3n(n2)CCc2ccccc2-3)c1. The van der Waals surface area contributed by atoms with Gasteiger partial charge in [-0.15, -0.1) is 0 Å². The van der Waals surface area contributed by atoms with Crippen LogP contribution < -0.4 is 4.74 Å². The van der Waals surface area contributed by atoms with Crippen LogP contribution in [0, 0.1) is 0 Å². The molecular weight excluding hydrogens is 272 g/mol. The maximum atomic E-state index is 5.59. The van der Waals surface area contributed by atoms with E-state index in [0.717, 1.165) is 30.0 Å². The van der Waals surface area contributed by atoms with Gasteiger partial charge in [-0.3, -0.25) is 4.68 Å². The van der Waals surface area contributed by atoms with E-state index in [9.17, 15) is 0 Å². The zero-order valence-electron chi connectivity index (χ0n) is 12.6. The van der Waals surface area contributed by atoms with Crippen LogP contribution in [-0.4, -0.2) is 16.4 Å². The summed E-state index contributed by atoms with van der Waals surface area (Å²) in [6.45, 7) is 3.62. The molecule has 0 unspecified atom stereocenters. The van der Waals surface area contributed by atoms with Crippen LogP contribution in [0.15, 0.2) is 54.6 Å². The van der Waals surface area contributed by atoms with E-state index in [1.54, 1.807) is 0 Å². The lowest BCUT2D eigenvalue weighted by molar-refractivity contribution is 0.340. The molecule has 0 bridgehead atoms. The second kappa shape index (κ2) is 5.34. The summed E-state index contributed by atoms with van der Waals surface area (Å²) < 4.78 is 7.71. The Morgan fingerprint density at radius 3 is 2.91 bits per heavy atom. The first-order valence-electron chi connectivity index (χ1n) is 7.74. The molecule has 0 fully saturated rings. The highest BCUT2D eigenvalue weighted by molar-refractivity contribution is 5.72. The van der Waals surface area contributed by atoms with Gasteiger partial charge in [0.1, 0.15) is 5.75 Å². The standard InChI is InChI=1S/C19H18N2O/c1-2-22-16-8-5-7-15(12-16)18-13-19-17-9-4-3-6-14(17)10-11-21(19)20-18/h3-9,12-13H,2,10-11H2,1H3. The van der Waals surface area contributed by atoms with Gasteiger partial charge in [0, 0.05) is 17.7 Å². The number of hydrogen-bond donors (Lipinski definition) is 0.